The van der Waals surface area contributed by atoms with E-state index in [4.69, 9.17) is 4.74 Å². The molecule has 0 fully saturated rings. The molecule has 1 heterocycles. The molecule has 9 heteroatoms. The first-order chi connectivity index (χ1) is 16.7. The highest BCUT2D eigenvalue weighted by Gasteiger charge is 2.14. The van der Waals surface area contributed by atoms with E-state index in [1.807, 2.05) is 54.6 Å². The standard InChI is InChI=1S/C25H24FN5O2S/c26-19-12-14-21(15-13-19)33-17-7-6-16-27-25(32)22-10-4-5-11-23(22)34-18-24-28-29-30-31(24)20-8-2-1-3-9-20/h1-5,8-15H,6-7,16-18H2,(H,27,32). The number of unbranched alkanes of at least 4 members (excludes halogenated alkanes) is 1. The van der Waals surface area contributed by atoms with E-state index in [2.05, 4.69) is 20.8 Å². The van der Waals surface area contributed by atoms with Gasteiger partial charge >= 0.3 is 0 Å². The summed E-state index contributed by atoms with van der Waals surface area (Å²) in [7, 11) is 0. The van der Waals surface area contributed by atoms with E-state index in [1.54, 1.807) is 16.8 Å². The molecule has 0 radical (unpaired) electrons. The monoisotopic (exact) mass is 477 g/mol. The Morgan fingerprint density at radius 3 is 2.56 bits per heavy atom. The molecule has 0 aliphatic carbocycles. The predicted octanol–water partition coefficient (Wildman–Crippen LogP) is 4.68. The second kappa shape index (κ2) is 11.9. The molecule has 3 aromatic carbocycles. The predicted molar refractivity (Wildman–Crippen MR) is 129 cm³/mol. The minimum Gasteiger partial charge on any atom is -0.494 e. The van der Waals surface area contributed by atoms with Crippen LogP contribution < -0.4 is 10.1 Å². The highest BCUT2D eigenvalue weighted by molar-refractivity contribution is 7.98. The summed E-state index contributed by atoms with van der Waals surface area (Å²) in [4.78, 5) is 13.6. The lowest BCUT2D eigenvalue weighted by molar-refractivity contribution is 0.0949. The summed E-state index contributed by atoms with van der Waals surface area (Å²) < 4.78 is 20.2. The molecule has 0 atom stereocenters. The molecule has 1 N–H and O–H groups in total. The van der Waals surface area contributed by atoms with E-state index >= 15 is 0 Å². The van der Waals surface area contributed by atoms with Crippen LogP contribution in [0.2, 0.25) is 0 Å². The van der Waals surface area contributed by atoms with Crippen LogP contribution in [0.3, 0.4) is 0 Å². The molecule has 0 aliphatic heterocycles. The lowest BCUT2D eigenvalue weighted by Crippen LogP contribution is -2.25. The number of carbonyl (C=O) groups is 1. The van der Waals surface area contributed by atoms with Crippen molar-refractivity contribution in [2.45, 2.75) is 23.5 Å². The molecule has 0 saturated carbocycles. The third kappa shape index (κ3) is 6.41. The van der Waals surface area contributed by atoms with E-state index in [1.165, 1.54) is 23.9 Å². The number of ether oxygens (including phenoxy) is 1. The fourth-order valence-corrected chi connectivity index (χ4v) is 4.19. The number of nitrogens with one attached hydrogen (secondary N) is 1. The lowest BCUT2D eigenvalue weighted by atomic mass is 10.2. The molecule has 174 valence electrons. The Kier molecular flexibility index (Phi) is 8.23. The van der Waals surface area contributed by atoms with Crippen molar-refractivity contribution in [1.29, 1.82) is 0 Å². The normalized spacial score (nSPS) is 10.7. The third-order valence-electron chi connectivity index (χ3n) is 4.96. The summed E-state index contributed by atoms with van der Waals surface area (Å²) in [6.07, 6.45) is 1.55. The molecule has 34 heavy (non-hydrogen) atoms. The van der Waals surface area contributed by atoms with Crippen molar-refractivity contribution in [2.24, 2.45) is 0 Å². The largest absolute Gasteiger partial charge is 0.494 e. The molecule has 0 spiro atoms. The first-order valence-corrected chi connectivity index (χ1v) is 11.9. The van der Waals surface area contributed by atoms with Crippen molar-refractivity contribution in [2.75, 3.05) is 13.2 Å². The Morgan fingerprint density at radius 2 is 1.74 bits per heavy atom. The zero-order valence-corrected chi connectivity index (χ0v) is 19.2. The molecule has 0 bridgehead atoms. The summed E-state index contributed by atoms with van der Waals surface area (Å²) in [5.41, 5.74) is 1.51. The Hall–Kier alpha value is -3.72. The van der Waals surface area contributed by atoms with Crippen molar-refractivity contribution in [3.05, 3.63) is 96.1 Å². The van der Waals surface area contributed by atoms with E-state index in [9.17, 15) is 9.18 Å². The zero-order valence-electron chi connectivity index (χ0n) is 18.4. The SMILES string of the molecule is O=C(NCCCCOc1ccc(F)cc1)c1ccccc1SCc1nnnn1-c1ccccc1. The molecule has 0 aliphatic rings. The molecule has 4 rings (SSSR count). The summed E-state index contributed by atoms with van der Waals surface area (Å²) in [5, 5.41) is 15.0. The van der Waals surface area contributed by atoms with Gasteiger partial charge in [0.15, 0.2) is 5.82 Å². The van der Waals surface area contributed by atoms with Crippen molar-refractivity contribution in [3.8, 4) is 11.4 Å². The number of aromatic nitrogens is 4. The second-order valence-electron chi connectivity index (χ2n) is 7.39. The lowest BCUT2D eigenvalue weighted by Gasteiger charge is -2.10. The molecule has 0 saturated heterocycles. The minimum absolute atomic E-state index is 0.120. The number of halogens is 1. The van der Waals surface area contributed by atoms with Gasteiger partial charge in [0.1, 0.15) is 11.6 Å². The number of hydrogen-bond donors (Lipinski definition) is 1. The number of benzene rings is 3. The Morgan fingerprint density at radius 1 is 0.971 bits per heavy atom. The van der Waals surface area contributed by atoms with E-state index in [0.29, 0.717) is 36.0 Å². The summed E-state index contributed by atoms with van der Waals surface area (Å²) in [5.74, 6) is 1.45. The topological polar surface area (TPSA) is 81.9 Å². The Balaban J connectivity index is 1.26. The average molecular weight is 478 g/mol. The van der Waals surface area contributed by atoms with Gasteiger partial charge in [-0.25, -0.2) is 4.39 Å². The number of thioether (sulfide) groups is 1. The molecular weight excluding hydrogens is 453 g/mol. The van der Waals surface area contributed by atoms with Crippen LogP contribution in [0, 0.1) is 5.82 Å². The van der Waals surface area contributed by atoms with Gasteiger partial charge in [0.25, 0.3) is 5.91 Å². The maximum absolute atomic E-state index is 12.9. The van der Waals surface area contributed by atoms with E-state index in [0.717, 1.165) is 23.4 Å². The molecule has 4 aromatic rings. The van der Waals surface area contributed by atoms with Crippen molar-refractivity contribution in [1.82, 2.24) is 25.5 Å². The number of para-hydroxylation sites is 1. The van der Waals surface area contributed by atoms with Crippen LogP contribution in [0.15, 0.2) is 83.8 Å². The third-order valence-corrected chi connectivity index (χ3v) is 6.03. The smallest absolute Gasteiger partial charge is 0.252 e. The van der Waals surface area contributed by atoms with Crippen LogP contribution in [0.5, 0.6) is 5.75 Å². The van der Waals surface area contributed by atoms with Gasteiger partial charge < -0.3 is 10.1 Å². The number of tetrazole rings is 1. The number of hydrogen-bond acceptors (Lipinski definition) is 6. The van der Waals surface area contributed by atoms with Crippen LogP contribution in [0.4, 0.5) is 4.39 Å². The van der Waals surface area contributed by atoms with E-state index in [-0.39, 0.29) is 11.7 Å². The summed E-state index contributed by atoms with van der Waals surface area (Å²) >= 11 is 1.52. The van der Waals surface area contributed by atoms with Crippen LogP contribution in [0.1, 0.15) is 29.0 Å². The molecular formula is C25H24FN5O2S. The second-order valence-corrected chi connectivity index (χ2v) is 8.41. The number of rotatable bonds is 11. The van der Waals surface area contributed by atoms with Crippen LogP contribution in [-0.4, -0.2) is 39.3 Å². The summed E-state index contributed by atoms with van der Waals surface area (Å²) in [6, 6.07) is 23.1. The number of nitrogens with zero attached hydrogens (tertiary/aromatic N) is 4. The quantitative estimate of drug-likeness (QED) is 0.249. The molecule has 0 unspecified atom stereocenters. The maximum atomic E-state index is 12.9. The van der Waals surface area contributed by atoms with Crippen LogP contribution in [-0.2, 0) is 5.75 Å². The minimum atomic E-state index is -0.289. The van der Waals surface area contributed by atoms with Gasteiger partial charge in [-0.05, 0) is 71.8 Å². The van der Waals surface area contributed by atoms with Gasteiger partial charge in [-0.3, -0.25) is 4.79 Å². The van der Waals surface area contributed by atoms with Crippen molar-refractivity contribution in [3.63, 3.8) is 0 Å². The maximum Gasteiger partial charge on any atom is 0.252 e. The van der Waals surface area contributed by atoms with Gasteiger partial charge in [0.05, 0.1) is 23.6 Å². The van der Waals surface area contributed by atoms with Gasteiger partial charge in [0.2, 0.25) is 0 Å². The fraction of sp³-hybridized carbons (Fsp3) is 0.200. The van der Waals surface area contributed by atoms with Crippen molar-refractivity contribution >= 4 is 17.7 Å². The molecule has 1 amide bonds. The van der Waals surface area contributed by atoms with Crippen molar-refractivity contribution < 1.29 is 13.9 Å². The fourth-order valence-electron chi connectivity index (χ4n) is 3.23. The highest BCUT2D eigenvalue weighted by Crippen LogP contribution is 2.26. The molecule has 1 aromatic heterocycles. The first kappa shape index (κ1) is 23.4. The summed E-state index contributed by atoms with van der Waals surface area (Å²) in [6.45, 7) is 1.04. The van der Waals surface area contributed by atoms with Crippen LogP contribution >= 0.6 is 11.8 Å². The Bertz CT molecular complexity index is 1200. The highest BCUT2D eigenvalue weighted by atomic mass is 32.2. The van der Waals surface area contributed by atoms with E-state index < -0.39 is 0 Å². The van der Waals surface area contributed by atoms with Gasteiger partial charge in [-0.1, -0.05) is 30.3 Å². The Labute approximate surface area is 201 Å². The molecule has 7 nitrogen and oxygen atoms in total. The van der Waals surface area contributed by atoms with Gasteiger partial charge in [-0.2, -0.15) is 4.68 Å². The van der Waals surface area contributed by atoms with Gasteiger partial charge in [-0.15, -0.1) is 16.9 Å². The van der Waals surface area contributed by atoms with Crippen LogP contribution in [0.25, 0.3) is 5.69 Å². The number of carbonyl (C=O) groups excluding carboxylic acids is 1. The number of amides is 1. The first-order valence-electron chi connectivity index (χ1n) is 10.9. The van der Waals surface area contributed by atoms with Gasteiger partial charge in [0, 0.05) is 11.4 Å². The zero-order chi connectivity index (χ0) is 23.6. The average Bonchev–Trinajstić information content (AvgIpc) is 3.35.